The number of halogens is 1. The number of hydrogen-bond acceptors (Lipinski definition) is 2. The number of nitrogens with zero attached hydrogens (tertiary/aromatic N) is 1. The van der Waals surface area contributed by atoms with Crippen LogP contribution in [0.1, 0.15) is 25.0 Å². The predicted octanol–water partition coefficient (Wildman–Crippen LogP) is 4.20. The average molecular weight is 345 g/mol. The molecule has 0 saturated heterocycles. The molecule has 2 aromatic rings. The van der Waals surface area contributed by atoms with Gasteiger partial charge in [0.2, 0.25) is 11.8 Å². The van der Waals surface area contributed by atoms with Crippen LogP contribution in [0.4, 0.5) is 11.4 Å². The van der Waals surface area contributed by atoms with E-state index in [2.05, 4.69) is 5.32 Å². The Morgan fingerprint density at radius 2 is 1.88 bits per heavy atom. The number of para-hydroxylation sites is 1. The SMILES string of the molecule is CCc1ccccc1NC(=O)CN(C(C)=O)c1ccc(Cl)cc1C. The fourth-order valence-electron chi connectivity index (χ4n) is 2.57. The lowest BCUT2D eigenvalue weighted by atomic mass is 10.1. The second kappa shape index (κ2) is 7.97. The maximum atomic E-state index is 12.4. The van der Waals surface area contributed by atoms with Crippen molar-refractivity contribution in [3.05, 3.63) is 58.6 Å². The van der Waals surface area contributed by atoms with E-state index in [-0.39, 0.29) is 18.4 Å². The van der Waals surface area contributed by atoms with Crippen LogP contribution in [-0.2, 0) is 16.0 Å². The second-order valence-electron chi connectivity index (χ2n) is 5.59. The smallest absolute Gasteiger partial charge is 0.244 e. The highest BCUT2D eigenvalue weighted by atomic mass is 35.5. The normalized spacial score (nSPS) is 10.3. The van der Waals surface area contributed by atoms with Crippen LogP contribution in [0.15, 0.2) is 42.5 Å². The van der Waals surface area contributed by atoms with Gasteiger partial charge in [0.05, 0.1) is 0 Å². The lowest BCUT2D eigenvalue weighted by molar-refractivity contribution is -0.120. The molecule has 0 unspecified atom stereocenters. The predicted molar refractivity (Wildman–Crippen MR) is 98.7 cm³/mol. The summed E-state index contributed by atoms with van der Waals surface area (Å²) in [6.07, 6.45) is 0.823. The summed E-state index contributed by atoms with van der Waals surface area (Å²) in [5.74, 6) is -0.431. The molecule has 4 nitrogen and oxygen atoms in total. The zero-order chi connectivity index (χ0) is 17.7. The van der Waals surface area contributed by atoms with Gasteiger partial charge in [-0.15, -0.1) is 0 Å². The topological polar surface area (TPSA) is 49.4 Å². The van der Waals surface area contributed by atoms with E-state index in [1.807, 2.05) is 38.1 Å². The van der Waals surface area contributed by atoms with Gasteiger partial charge in [-0.05, 0) is 48.7 Å². The van der Waals surface area contributed by atoms with Crippen LogP contribution >= 0.6 is 11.6 Å². The van der Waals surface area contributed by atoms with Gasteiger partial charge in [0.1, 0.15) is 6.54 Å². The molecule has 0 bridgehead atoms. The molecule has 24 heavy (non-hydrogen) atoms. The van der Waals surface area contributed by atoms with Gasteiger partial charge in [0.15, 0.2) is 0 Å². The van der Waals surface area contributed by atoms with E-state index in [0.29, 0.717) is 10.7 Å². The maximum Gasteiger partial charge on any atom is 0.244 e. The van der Waals surface area contributed by atoms with Crippen molar-refractivity contribution in [2.45, 2.75) is 27.2 Å². The van der Waals surface area contributed by atoms with E-state index < -0.39 is 0 Å². The summed E-state index contributed by atoms with van der Waals surface area (Å²) in [6, 6.07) is 12.9. The van der Waals surface area contributed by atoms with Crippen molar-refractivity contribution in [1.29, 1.82) is 0 Å². The Morgan fingerprint density at radius 1 is 1.17 bits per heavy atom. The number of carbonyl (C=O) groups is 2. The van der Waals surface area contributed by atoms with E-state index in [9.17, 15) is 9.59 Å². The fraction of sp³-hybridized carbons (Fsp3) is 0.263. The first kappa shape index (κ1) is 18.0. The van der Waals surface area contributed by atoms with E-state index in [0.717, 1.165) is 23.2 Å². The van der Waals surface area contributed by atoms with Crippen molar-refractivity contribution in [2.24, 2.45) is 0 Å². The van der Waals surface area contributed by atoms with Gasteiger partial charge in [-0.2, -0.15) is 0 Å². The summed E-state index contributed by atoms with van der Waals surface area (Å²) in [4.78, 5) is 25.9. The number of benzene rings is 2. The lowest BCUT2D eigenvalue weighted by Crippen LogP contribution is -2.37. The quantitative estimate of drug-likeness (QED) is 0.883. The molecule has 0 fully saturated rings. The average Bonchev–Trinajstić information content (AvgIpc) is 2.53. The Kier molecular flexibility index (Phi) is 5.99. The summed E-state index contributed by atoms with van der Waals surface area (Å²) in [5, 5.41) is 3.49. The molecule has 0 heterocycles. The standard InChI is InChI=1S/C19H21ClN2O2/c1-4-15-7-5-6-8-17(15)21-19(24)12-22(14(3)23)18-10-9-16(20)11-13(18)2/h5-11H,4,12H2,1-3H3,(H,21,24). The van der Waals surface area contributed by atoms with Crippen molar-refractivity contribution >= 4 is 34.8 Å². The Balaban J connectivity index is 2.19. The van der Waals surface area contributed by atoms with Gasteiger partial charge in [-0.25, -0.2) is 0 Å². The van der Waals surface area contributed by atoms with E-state index in [1.54, 1.807) is 18.2 Å². The van der Waals surface area contributed by atoms with Crippen molar-refractivity contribution in [2.75, 3.05) is 16.8 Å². The molecule has 5 heteroatoms. The molecule has 0 aromatic heterocycles. The van der Waals surface area contributed by atoms with Crippen LogP contribution in [0.5, 0.6) is 0 Å². The number of nitrogens with one attached hydrogen (secondary N) is 1. The Labute approximate surface area is 147 Å². The first-order valence-electron chi connectivity index (χ1n) is 7.84. The zero-order valence-electron chi connectivity index (χ0n) is 14.1. The number of amides is 2. The lowest BCUT2D eigenvalue weighted by Gasteiger charge is -2.23. The minimum atomic E-state index is -0.236. The van der Waals surface area contributed by atoms with E-state index >= 15 is 0 Å². The van der Waals surface area contributed by atoms with Gasteiger partial charge >= 0.3 is 0 Å². The molecule has 2 amide bonds. The molecule has 0 aliphatic heterocycles. The second-order valence-corrected chi connectivity index (χ2v) is 6.03. The van der Waals surface area contributed by atoms with E-state index in [4.69, 9.17) is 11.6 Å². The molecule has 0 saturated carbocycles. The first-order chi connectivity index (χ1) is 11.4. The van der Waals surface area contributed by atoms with E-state index in [1.165, 1.54) is 11.8 Å². The van der Waals surface area contributed by atoms with Gasteiger partial charge in [-0.3, -0.25) is 9.59 Å². The summed E-state index contributed by atoms with van der Waals surface area (Å²) in [6.45, 7) is 5.29. The Hall–Kier alpha value is -2.33. The highest BCUT2D eigenvalue weighted by molar-refractivity contribution is 6.30. The van der Waals surface area contributed by atoms with Gasteiger partial charge in [0.25, 0.3) is 0 Å². The van der Waals surface area contributed by atoms with Crippen LogP contribution in [0, 0.1) is 6.92 Å². The third kappa shape index (κ3) is 4.36. The van der Waals surface area contributed by atoms with Crippen molar-refractivity contribution in [3.63, 3.8) is 0 Å². The Morgan fingerprint density at radius 3 is 2.50 bits per heavy atom. The van der Waals surface area contributed by atoms with Crippen LogP contribution in [-0.4, -0.2) is 18.4 Å². The van der Waals surface area contributed by atoms with Crippen molar-refractivity contribution in [3.8, 4) is 0 Å². The minimum absolute atomic E-state index is 0.0458. The molecule has 1 N–H and O–H groups in total. The molecule has 2 aromatic carbocycles. The maximum absolute atomic E-state index is 12.4. The van der Waals surface area contributed by atoms with Crippen molar-refractivity contribution < 1.29 is 9.59 Å². The monoisotopic (exact) mass is 344 g/mol. The summed E-state index contributed by atoms with van der Waals surface area (Å²) >= 11 is 5.96. The van der Waals surface area contributed by atoms with Gasteiger partial charge in [-0.1, -0.05) is 36.7 Å². The molecular weight excluding hydrogens is 324 g/mol. The largest absolute Gasteiger partial charge is 0.324 e. The molecule has 2 rings (SSSR count). The van der Waals surface area contributed by atoms with Crippen LogP contribution in [0.3, 0.4) is 0 Å². The number of anilines is 2. The minimum Gasteiger partial charge on any atom is -0.324 e. The molecule has 0 aliphatic carbocycles. The molecule has 0 aliphatic rings. The summed E-state index contributed by atoms with van der Waals surface area (Å²) in [5.41, 5.74) is 3.37. The highest BCUT2D eigenvalue weighted by Crippen LogP contribution is 2.24. The number of hydrogen-bond donors (Lipinski definition) is 1. The van der Waals surface area contributed by atoms with Crippen molar-refractivity contribution in [1.82, 2.24) is 0 Å². The fourth-order valence-corrected chi connectivity index (χ4v) is 2.80. The highest BCUT2D eigenvalue weighted by Gasteiger charge is 2.18. The number of carbonyl (C=O) groups excluding carboxylic acids is 2. The first-order valence-corrected chi connectivity index (χ1v) is 8.22. The third-order valence-corrected chi connectivity index (χ3v) is 4.04. The molecule has 0 spiro atoms. The number of rotatable bonds is 5. The molecule has 126 valence electrons. The van der Waals surface area contributed by atoms with Crippen LogP contribution in [0.25, 0.3) is 0 Å². The molecular formula is C19H21ClN2O2. The number of aryl methyl sites for hydroxylation is 2. The summed E-state index contributed by atoms with van der Waals surface area (Å²) in [7, 11) is 0. The summed E-state index contributed by atoms with van der Waals surface area (Å²) < 4.78 is 0. The third-order valence-electron chi connectivity index (χ3n) is 3.80. The van der Waals surface area contributed by atoms with Gasteiger partial charge in [0, 0.05) is 23.3 Å². The van der Waals surface area contributed by atoms with Crippen LogP contribution in [0.2, 0.25) is 5.02 Å². The van der Waals surface area contributed by atoms with Gasteiger partial charge < -0.3 is 10.2 Å². The zero-order valence-corrected chi connectivity index (χ0v) is 14.9. The Bertz CT molecular complexity index is 759. The van der Waals surface area contributed by atoms with Crippen LogP contribution < -0.4 is 10.2 Å². The molecule has 0 atom stereocenters. The molecule has 0 radical (unpaired) electrons.